The van der Waals surface area contributed by atoms with Crippen LogP contribution in [0.1, 0.15) is 380 Å². The molecule has 0 aromatic heterocycles. The Labute approximate surface area is 480 Å². The lowest BCUT2D eigenvalue weighted by Crippen LogP contribution is -2.30. The summed E-state index contributed by atoms with van der Waals surface area (Å²) in [6.45, 7) is 6.68. The predicted molar refractivity (Wildman–Crippen MR) is 335 cm³/mol. The fourth-order valence-corrected chi connectivity index (χ4v) is 10.4. The van der Waals surface area contributed by atoms with Gasteiger partial charge >= 0.3 is 17.9 Å². The van der Waals surface area contributed by atoms with Gasteiger partial charge in [0, 0.05) is 19.3 Å². The zero-order valence-electron chi connectivity index (χ0n) is 52.0. The van der Waals surface area contributed by atoms with Crippen LogP contribution in [-0.4, -0.2) is 37.2 Å². The molecule has 0 rings (SSSR count). The molecule has 0 N–H and O–H groups in total. The molecule has 0 aromatic rings. The SMILES string of the molecule is CCCCCCC/C=C\C/C=C\CCCCCCCCCCCCCCCCCCCCCC(=O)OCC(COC(=O)CCCCCCCCCCCCCCC)OC(=O)CCCCCCC/C=C\CCCCCCCC. The van der Waals surface area contributed by atoms with Crippen LogP contribution in [0.2, 0.25) is 0 Å². The van der Waals surface area contributed by atoms with Crippen molar-refractivity contribution in [3.8, 4) is 0 Å². The van der Waals surface area contributed by atoms with Gasteiger partial charge in [0.2, 0.25) is 0 Å². The lowest BCUT2D eigenvalue weighted by atomic mass is 10.0. The van der Waals surface area contributed by atoms with Crippen LogP contribution in [0.3, 0.4) is 0 Å². The van der Waals surface area contributed by atoms with Gasteiger partial charge in [0.25, 0.3) is 0 Å². The Morgan fingerprint density at radius 2 is 0.468 bits per heavy atom. The van der Waals surface area contributed by atoms with Crippen LogP contribution in [0.15, 0.2) is 36.5 Å². The first-order valence-electron chi connectivity index (χ1n) is 34.5. The summed E-state index contributed by atoms with van der Waals surface area (Å²) >= 11 is 0. The van der Waals surface area contributed by atoms with E-state index in [0.29, 0.717) is 19.3 Å². The minimum Gasteiger partial charge on any atom is -0.462 e. The van der Waals surface area contributed by atoms with Gasteiger partial charge in [-0.15, -0.1) is 0 Å². The maximum atomic E-state index is 12.9. The molecule has 0 aliphatic carbocycles. The molecule has 0 bridgehead atoms. The summed E-state index contributed by atoms with van der Waals surface area (Å²) in [6, 6.07) is 0. The summed E-state index contributed by atoms with van der Waals surface area (Å²) in [7, 11) is 0. The molecule has 77 heavy (non-hydrogen) atoms. The molecule has 0 saturated heterocycles. The molecular formula is C71H132O6. The van der Waals surface area contributed by atoms with Crippen molar-refractivity contribution in [2.24, 2.45) is 0 Å². The Morgan fingerprint density at radius 3 is 0.727 bits per heavy atom. The van der Waals surface area contributed by atoms with Gasteiger partial charge < -0.3 is 14.2 Å². The van der Waals surface area contributed by atoms with Crippen LogP contribution >= 0.6 is 0 Å². The molecule has 452 valence electrons. The summed E-state index contributed by atoms with van der Waals surface area (Å²) in [5.41, 5.74) is 0. The van der Waals surface area contributed by atoms with Crippen LogP contribution in [0.25, 0.3) is 0 Å². The summed E-state index contributed by atoms with van der Waals surface area (Å²) in [5, 5.41) is 0. The summed E-state index contributed by atoms with van der Waals surface area (Å²) in [4.78, 5) is 38.3. The Hall–Kier alpha value is -2.37. The van der Waals surface area contributed by atoms with Gasteiger partial charge in [0.15, 0.2) is 6.10 Å². The van der Waals surface area contributed by atoms with Gasteiger partial charge in [-0.2, -0.15) is 0 Å². The van der Waals surface area contributed by atoms with Crippen molar-refractivity contribution in [2.45, 2.75) is 386 Å². The molecule has 0 aliphatic heterocycles. The van der Waals surface area contributed by atoms with Crippen LogP contribution in [0, 0.1) is 0 Å². The van der Waals surface area contributed by atoms with E-state index in [9.17, 15) is 14.4 Å². The highest BCUT2D eigenvalue weighted by Crippen LogP contribution is 2.18. The molecule has 6 heteroatoms. The molecule has 0 heterocycles. The highest BCUT2D eigenvalue weighted by atomic mass is 16.6. The second-order valence-corrected chi connectivity index (χ2v) is 23.4. The molecule has 0 fully saturated rings. The minimum absolute atomic E-state index is 0.0695. The van der Waals surface area contributed by atoms with E-state index in [-0.39, 0.29) is 31.1 Å². The third-order valence-electron chi connectivity index (χ3n) is 15.6. The summed E-state index contributed by atoms with van der Waals surface area (Å²) in [6.07, 6.45) is 81.8. The standard InChI is InChI=1S/C71H132O6/c1-4-7-10-13-16-19-22-25-27-28-29-30-31-32-33-34-35-36-37-38-39-40-41-42-44-46-49-52-55-58-61-64-70(73)76-67-68(66-75-69(72)63-60-57-54-51-48-45-24-21-18-15-12-9-6-3)77-71(74)65-62-59-56-53-50-47-43-26-23-20-17-14-11-8-5-2/h22,25-26,28-29,43,68H,4-21,23-24,27,30-42,44-67H2,1-3H3/b25-22-,29-28-,43-26-. The van der Waals surface area contributed by atoms with E-state index >= 15 is 0 Å². The number of esters is 3. The average molecular weight is 1080 g/mol. The number of rotatable bonds is 64. The van der Waals surface area contributed by atoms with Crippen LogP contribution < -0.4 is 0 Å². The molecule has 0 amide bonds. The average Bonchev–Trinajstić information content (AvgIpc) is 3.43. The van der Waals surface area contributed by atoms with Crippen molar-refractivity contribution < 1.29 is 28.6 Å². The first kappa shape index (κ1) is 74.6. The Balaban J connectivity index is 4.12. The van der Waals surface area contributed by atoms with Crippen molar-refractivity contribution >= 4 is 17.9 Å². The number of unbranched alkanes of at least 4 members (excludes halogenated alkanes) is 47. The Bertz CT molecular complexity index is 1290. The number of hydrogen-bond donors (Lipinski definition) is 0. The Kier molecular flexibility index (Phi) is 64.1. The Morgan fingerprint density at radius 1 is 0.260 bits per heavy atom. The van der Waals surface area contributed by atoms with Gasteiger partial charge in [-0.25, -0.2) is 0 Å². The lowest BCUT2D eigenvalue weighted by molar-refractivity contribution is -0.167. The molecule has 0 aliphatic rings. The van der Waals surface area contributed by atoms with Gasteiger partial charge in [-0.3, -0.25) is 14.4 Å². The number of hydrogen-bond acceptors (Lipinski definition) is 6. The molecule has 6 nitrogen and oxygen atoms in total. The number of allylic oxidation sites excluding steroid dienone is 6. The third kappa shape index (κ3) is 64.3. The van der Waals surface area contributed by atoms with Crippen molar-refractivity contribution in [2.75, 3.05) is 13.2 Å². The zero-order chi connectivity index (χ0) is 55.7. The number of ether oxygens (including phenoxy) is 3. The van der Waals surface area contributed by atoms with E-state index in [0.717, 1.165) is 70.6 Å². The number of carbonyl (C=O) groups is 3. The number of carbonyl (C=O) groups excluding carboxylic acids is 3. The molecule has 1 unspecified atom stereocenters. The van der Waals surface area contributed by atoms with Crippen molar-refractivity contribution in [1.29, 1.82) is 0 Å². The molecular weight excluding hydrogens is 949 g/mol. The fourth-order valence-electron chi connectivity index (χ4n) is 10.4. The quantitative estimate of drug-likeness (QED) is 0.0261. The largest absolute Gasteiger partial charge is 0.462 e. The van der Waals surface area contributed by atoms with Crippen molar-refractivity contribution in [1.82, 2.24) is 0 Å². The maximum absolute atomic E-state index is 12.9. The van der Waals surface area contributed by atoms with Gasteiger partial charge in [0.1, 0.15) is 13.2 Å². The maximum Gasteiger partial charge on any atom is 0.306 e. The monoisotopic (exact) mass is 1080 g/mol. The minimum atomic E-state index is -0.772. The molecule has 0 aromatic carbocycles. The van der Waals surface area contributed by atoms with E-state index in [4.69, 9.17) is 14.2 Å². The predicted octanol–water partition coefficient (Wildman–Crippen LogP) is 23.6. The zero-order valence-corrected chi connectivity index (χ0v) is 52.0. The van der Waals surface area contributed by atoms with E-state index in [1.165, 1.54) is 270 Å². The first-order chi connectivity index (χ1) is 38.0. The van der Waals surface area contributed by atoms with Crippen LogP contribution in [0.5, 0.6) is 0 Å². The van der Waals surface area contributed by atoms with Crippen LogP contribution in [-0.2, 0) is 28.6 Å². The van der Waals surface area contributed by atoms with Crippen LogP contribution in [0.4, 0.5) is 0 Å². The van der Waals surface area contributed by atoms with Crippen molar-refractivity contribution in [3.63, 3.8) is 0 Å². The highest BCUT2D eigenvalue weighted by Gasteiger charge is 2.19. The topological polar surface area (TPSA) is 78.9 Å². The smallest absolute Gasteiger partial charge is 0.306 e. The molecule has 0 spiro atoms. The van der Waals surface area contributed by atoms with E-state index in [1.54, 1.807) is 0 Å². The van der Waals surface area contributed by atoms with Gasteiger partial charge in [0.05, 0.1) is 0 Å². The second kappa shape index (κ2) is 66.1. The molecule has 0 radical (unpaired) electrons. The van der Waals surface area contributed by atoms with E-state index < -0.39 is 6.10 Å². The highest BCUT2D eigenvalue weighted by molar-refractivity contribution is 5.71. The summed E-state index contributed by atoms with van der Waals surface area (Å²) < 4.78 is 16.9. The van der Waals surface area contributed by atoms with Gasteiger partial charge in [-0.05, 0) is 77.0 Å². The normalized spacial score (nSPS) is 12.2. The lowest BCUT2D eigenvalue weighted by Gasteiger charge is -2.18. The summed E-state index contributed by atoms with van der Waals surface area (Å²) in [5.74, 6) is -0.852. The second-order valence-electron chi connectivity index (χ2n) is 23.4. The molecule has 0 saturated carbocycles. The first-order valence-corrected chi connectivity index (χ1v) is 34.5. The van der Waals surface area contributed by atoms with Gasteiger partial charge in [-0.1, -0.05) is 320 Å². The van der Waals surface area contributed by atoms with E-state index in [2.05, 4.69) is 57.2 Å². The fraction of sp³-hybridized carbons (Fsp3) is 0.873. The van der Waals surface area contributed by atoms with Crippen molar-refractivity contribution in [3.05, 3.63) is 36.5 Å². The van der Waals surface area contributed by atoms with E-state index in [1.807, 2.05) is 0 Å². The third-order valence-corrected chi connectivity index (χ3v) is 15.6. The molecule has 1 atom stereocenters.